The van der Waals surface area contributed by atoms with Crippen LogP contribution in [-0.2, 0) is 0 Å². The van der Waals surface area contributed by atoms with Crippen LogP contribution in [0.25, 0.3) is 0 Å². The van der Waals surface area contributed by atoms with Crippen LogP contribution in [0.15, 0.2) is 36.7 Å². The van der Waals surface area contributed by atoms with Gasteiger partial charge in [-0.05, 0) is 12.1 Å². The van der Waals surface area contributed by atoms with E-state index in [0.717, 1.165) is 0 Å². The third kappa shape index (κ3) is 3.06. The van der Waals surface area contributed by atoms with Crippen LogP contribution >= 0.6 is 0 Å². The van der Waals surface area contributed by atoms with Crippen LogP contribution in [-0.4, -0.2) is 22.9 Å². The highest BCUT2D eigenvalue weighted by Gasteiger charge is 2.18. The molecule has 0 amide bonds. The number of amidine groups is 1. The molecule has 3 N–H and O–H groups in total. The van der Waals surface area contributed by atoms with Crippen molar-refractivity contribution in [1.29, 1.82) is 5.41 Å². The molecule has 0 aliphatic heterocycles. The van der Waals surface area contributed by atoms with Gasteiger partial charge in [0.05, 0.1) is 23.8 Å². The summed E-state index contributed by atoms with van der Waals surface area (Å²) in [6.07, 6.45) is 2.78. The molecule has 2 rings (SSSR count). The van der Waals surface area contributed by atoms with E-state index < -0.39 is 4.92 Å². The van der Waals surface area contributed by atoms with Crippen molar-refractivity contribution >= 4 is 11.5 Å². The number of nitro benzene ring substituents is 1. The molecule has 0 fully saturated rings. The number of nitrogens with zero attached hydrogens (tertiary/aromatic N) is 2. The molecule has 0 bridgehead atoms. The van der Waals surface area contributed by atoms with Gasteiger partial charge in [0.2, 0.25) is 5.75 Å². The molecule has 0 aliphatic carbocycles. The molecule has 8 nitrogen and oxygen atoms in total. The van der Waals surface area contributed by atoms with Crippen molar-refractivity contribution < 1.29 is 14.4 Å². The number of pyridine rings is 1. The van der Waals surface area contributed by atoms with Crippen molar-refractivity contribution in [2.24, 2.45) is 5.73 Å². The molecule has 0 radical (unpaired) electrons. The molecule has 0 unspecified atom stereocenters. The number of rotatable bonds is 5. The van der Waals surface area contributed by atoms with Gasteiger partial charge in [0.1, 0.15) is 11.6 Å². The summed E-state index contributed by atoms with van der Waals surface area (Å²) in [4.78, 5) is 14.3. The summed E-state index contributed by atoms with van der Waals surface area (Å²) in [5.74, 6) is 0.318. The van der Waals surface area contributed by atoms with E-state index in [1.165, 1.54) is 43.8 Å². The number of hydrogen-bond donors (Lipinski definition) is 2. The number of hydrogen-bond acceptors (Lipinski definition) is 6. The minimum Gasteiger partial charge on any atom is -0.497 e. The lowest BCUT2D eigenvalue weighted by Crippen LogP contribution is -2.12. The zero-order valence-electron chi connectivity index (χ0n) is 11.1. The third-order valence-corrected chi connectivity index (χ3v) is 2.66. The Morgan fingerprint density at radius 1 is 1.38 bits per heavy atom. The largest absolute Gasteiger partial charge is 0.497 e. The maximum atomic E-state index is 11.0. The first-order valence-electron chi connectivity index (χ1n) is 5.81. The van der Waals surface area contributed by atoms with Gasteiger partial charge in [-0.15, -0.1) is 0 Å². The van der Waals surface area contributed by atoms with E-state index in [2.05, 4.69) is 4.98 Å². The predicted octanol–water partition coefficient (Wildman–Crippen LogP) is 2.07. The summed E-state index contributed by atoms with van der Waals surface area (Å²) in [5.41, 5.74) is 5.51. The molecule has 0 aliphatic rings. The summed E-state index contributed by atoms with van der Waals surface area (Å²) < 4.78 is 10.5. The van der Waals surface area contributed by atoms with Gasteiger partial charge in [0.25, 0.3) is 0 Å². The Balaban J connectivity index is 2.48. The number of aromatic nitrogens is 1. The standard InChI is InChI=1S/C13H12N4O4/c1-20-8-2-3-10(17(18)19)11(6-8)21-12-7-16-5-4-9(12)13(14)15/h2-7H,1H3,(H3,14,15). The van der Waals surface area contributed by atoms with Crippen molar-refractivity contribution in [3.05, 3.63) is 52.3 Å². The number of nitrogen functional groups attached to an aromatic ring is 1. The normalized spacial score (nSPS) is 9.95. The van der Waals surface area contributed by atoms with Crippen molar-refractivity contribution in [1.82, 2.24) is 4.98 Å². The Bertz CT molecular complexity index is 702. The van der Waals surface area contributed by atoms with Gasteiger partial charge >= 0.3 is 5.69 Å². The average molecular weight is 288 g/mol. The van der Waals surface area contributed by atoms with Gasteiger partial charge in [-0.1, -0.05) is 0 Å². The predicted molar refractivity (Wildman–Crippen MR) is 75.0 cm³/mol. The monoisotopic (exact) mass is 288 g/mol. The number of methoxy groups -OCH3 is 1. The average Bonchev–Trinajstić information content (AvgIpc) is 2.47. The van der Waals surface area contributed by atoms with Gasteiger partial charge in [-0.2, -0.15) is 0 Å². The van der Waals surface area contributed by atoms with Crippen molar-refractivity contribution in [3.63, 3.8) is 0 Å². The molecule has 0 atom stereocenters. The van der Waals surface area contributed by atoms with E-state index in [1.807, 2.05) is 0 Å². The molecule has 1 aromatic heterocycles. The van der Waals surface area contributed by atoms with E-state index >= 15 is 0 Å². The first-order valence-corrected chi connectivity index (χ1v) is 5.81. The minimum atomic E-state index is -0.571. The first kappa shape index (κ1) is 14.3. The highest BCUT2D eigenvalue weighted by Crippen LogP contribution is 2.35. The minimum absolute atomic E-state index is 0.0187. The quantitative estimate of drug-likeness (QED) is 0.375. The topological polar surface area (TPSA) is 124 Å². The Morgan fingerprint density at radius 3 is 2.76 bits per heavy atom. The highest BCUT2D eigenvalue weighted by molar-refractivity contribution is 5.97. The van der Waals surface area contributed by atoms with E-state index in [0.29, 0.717) is 11.3 Å². The van der Waals surface area contributed by atoms with Crippen LogP contribution in [0, 0.1) is 15.5 Å². The number of nitrogens with two attached hydrogens (primary N) is 1. The zero-order valence-corrected chi connectivity index (χ0v) is 11.1. The van der Waals surface area contributed by atoms with Crippen molar-refractivity contribution in [3.8, 4) is 17.2 Å². The summed E-state index contributed by atoms with van der Waals surface area (Å²) in [5, 5.41) is 18.5. The summed E-state index contributed by atoms with van der Waals surface area (Å²) in [6, 6.07) is 5.61. The van der Waals surface area contributed by atoms with Crippen LogP contribution in [0.1, 0.15) is 5.56 Å². The summed E-state index contributed by atoms with van der Waals surface area (Å²) >= 11 is 0. The highest BCUT2D eigenvalue weighted by atomic mass is 16.6. The molecule has 0 saturated carbocycles. The number of nitrogens with one attached hydrogen (secondary N) is 1. The van der Waals surface area contributed by atoms with Crippen LogP contribution in [0.2, 0.25) is 0 Å². The van der Waals surface area contributed by atoms with Crippen LogP contribution in [0.3, 0.4) is 0 Å². The Kier molecular flexibility index (Phi) is 3.98. The molecule has 1 heterocycles. The Hall–Kier alpha value is -3.16. The number of ether oxygens (including phenoxy) is 2. The second-order valence-electron chi connectivity index (χ2n) is 3.98. The van der Waals surface area contributed by atoms with Gasteiger partial charge in [0.15, 0.2) is 5.75 Å². The van der Waals surface area contributed by atoms with E-state index in [4.69, 9.17) is 20.6 Å². The molecule has 108 valence electrons. The molecular formula is C13H12N4O4. The molecule has 21 heavy (non-hydrogen) atoms. The molecule has 2 aromatic rings. The van der Waals surface area contributed by atoms with Crippen molar-refractivity contribution in [2.75, 3.05) is 7.11 Å². The molecule has 0 saturated heterocycles. The van der Waals surface area contributed by atoms with E-state index in [9.17, 15) is 10.1 Å². The molecular weight excluding hydrogens is 276 g/mol. The van der Waals surface area contributed by atoms with E-state index in [-0.39, 0.29) is 23.0 Å². The lowest BCUT2D eigenvalue weighted by molar-refractivity contribution is -0.385. The first-order chi connectivity index (χ1) is 10.0. The second-order valence-corrected chi connectivity index (χ2v) is 3.98. The zero-order chi connectivity index (χ0) is 15.4. The van der Waals surface area contributed by atoms with Gasteiger partial charge in [-0.3, -0.25) is 20.5 Å². The SMILES string of the molecule is COc1ccc([N+](=O)[O-])c(Oc2cnccc2C(=N)N)c1. The maximum Gasteiger partial charge on any atom is 0.311 e. The van der Waals surface area contributed by atoms with Gasteiger partial charge in [0, 0.05) is 18.3 Å². The molecule has 1 aromatic carbocycles. The number of benzene rings is 1. The van der Waals surface area contributed by atoms with Gasteiger partial charge in [-0.25, -0.2) is 0 Å². The fraction of sp³-hybridized carbons (Fsp3) is 0.0769. The lowest BCUT2D eigenvalue weighted by atomic mass is 10.2. The van der Waals surface area contributed by atoms with Crippen LogP contribution in [0.5, 0.6) is 17.2 Å². The van der Waals surface area contributed by atoms with Crippen molar-refractivity contribution in [2.45, 2.75) is 0 Å². The Morgan fingerprint density at radius 2 is 2.14 bits per heavy atom. The second kappa shape index (κ2) is 5.87. The number of nitro groups is 1. The molecule has 8 heteroatoms. The summed E-state index contributed by atoms with van der Waals surface area (Å²) in [7, 11) is 1.44. The van der Waals surface area contributed by atoms with Gasteiger partial charge < -0.3 is 15.2 Å². The lowest BCUT2D eigenvalue weighted by Gasteiger charge is -2.10. The fourth-order valence-corrected chi connectivity index (χ4v) is 1.66. The smallest absolute Gasteiger partial charge is 0.311 e. The molecule has 0 spiro atoms. The Labute approximate surface area is 119 Å². The van der Waals surface area contributed by atoms with Crippen LogP contribution < -0.4 is 15.2 Å². The third-order valence-electron chi connectivity index (χ3n) is 2.66. The maximum absolute atomic E-state index is 11.0. The van der Waals surface area contributed by atoms with E-state index in [1.54, 1.807) is 0 Å². The fourth-order valence-electron chi connectivity index (χ4n) is 1.66. The van der Waals surface area contributed by atoms with Crippen LogP contribution in [0.4, 0.5) is 5.69 Å². The summed E-state index contributed by atoms with van der Waals surface area (Å²) in [6.45, 7) is 0.